The predicted molar refractivity (Wildman–Crippen MR) is 103 cm³/mol. The summed E-state index contributed by atoms with van der Waals surface area (Å²) in [6, 6.07) is 11.9. The van der Waals surface area contributed by atoms with Crippen molar-refractivity contribution in [3.05, 3.63) is 58.5 Å². The molecule has 0 amide bonds. The quantitative estimate of drug-likeness (QED) is 0.333. The van der Waals surface area contributed by atoms with E-state index in [1.807, 2.05) is 31.3 Å². The van der Waals surface area contributed by atoms with Crippen LogP contribution in [0.5, 0.6) is 0 Å². The molecule has 6 heteroatoms. The number of pyridine rings is 1. The zero-order valence-electron chi connectivity index (χ0n) is 13.6. The van der Waals surface area contributed by atoms with Crippen LogP contribution in [0.1, 0.15) is 0 Å². The summed E-state index contributed by atoms with van der Waals surface area (Å²) in [5.41, 5.74) is 0.598. The zero-order chi connectivity index (χ0) is 17.4. The van der Waals surface area contributed by atoms with E-state index in [4.69, 9.17) is 4.98 Å². The van der Waals surface area contributed by atoms with Gasteiger partial charge in [-0.1, -0.05) is 18.2 Å². The first-order valence-corrected chi connectivity index (χ1v) is 8.84. The zero-order valence-corrected chi connectivity index (χ0v) is 14.4. The monoisotopic (exact) mass is 353 g/mol. The summed E-state index contributed by atoms with van der Waals surface area (Å²) in [6.45, 7) is 1.48. The number of benzene rings is 2. The van der Waals surface area contributed by atoms with Gasteiger partial charge in [-0.25, -0.2) is 9.37 Å². The summed E-state index contributed by atoms with van der Waals surface area (Å²) in [7, 11) is 1.88. The van der Waals surface area contributed by atoms with Crippen molar-refractivity contribution in [1.29, 1.82) is 0 Å². The van der Waals surface area contributed by atoms with Crippen LogP contribution in [0.2, 0.25) is 0 Å². The highest BCUT2D eigenvalue weighted by molar-refractivity contribution is 7.25. The topological polar surface area (TPSA) is 54.0 Å². The third-order valence-electron chi connectivity index (χ3n) is 4.14. The number of halogens is 1. The molecule has 0 saturated heterocycles. The standard InChI is InChI=1S/C19H16FN3OS/c1-21-8-9-22-19-18-16(12-4-2-3-5-14(12)23-19)17(24)13-10-11(20)6-7-15(13)25-18/h2-7,10,21H,8-9H2,1H3,(H,22,23). The Balaban J connectivity index is 2.12. The third-order valence-corrected chi connectivity index (χ3v) is 5.32. The molecule has 0 aliphatic heterocycles. The van der Waals surface area contributed by atoms with Crippen molar-refractivity contribution in [2.24, 2.45) is 0 Å². The molecule has 0 atom stereocenters. The van der Waals surface area contributed by atoms with Crippen LogP contribution in [0.4, 0.5) is 10.2 Å². The number of nitrogens with zero attached hydrogens (tertiary/aromatic N) is 1. The van der Waals surface area contributed by atoms with Gasteiger partial charge in [0.25, 0.3) is 0 Å². The summed E-state index contributed by atoms with van der Waals surface area (Å²) in [6.07, 6.45) is 0. The molecule has 2 heterocycles. The van der Waals surface area contributed by atoms with E-state index < -0.39 is 5.82 Å². The van der Waals surface area contributed by atoms with Crippen molar-refractivity contribution in [1.82, 2.24) is 10.3 Å². The van der Waals surface area contributed by atoms with Crippen LogP contribution >= 0.6 is 11.3 Å². The van der Waals surface area contributed by atoms with Crippen molar-refractivity contribution in [2.75, 3.05) is 25.5 Å². The summed E-state index contributed by atoms with van der Waals surface area (Å²) in [5.74, 6) is 0.291. The van der Waals surface area contributed by atoms with Crippen molar-refractivity contribution in [3.63, 3.8) is 0 Å². The Labute approximate surface area is 147 Å². The fraction of sp³-hybridized carbons (Fsp3) is 0.158. The van der Waals surface area contributed by atoms with Gasteiger partial charge in [-0.3, -0.25) is 4.79 Å². The maximum Gasteiger partial charge on any atom is 0.196 e. The number of hydrogen-bond donors (Lipinski definition) is 2. The lowest BCUT2D eigenvalue weighted by molar-refractivity contribution is 0.630. The van der Waals surface area contributed by atoms with Gasteiger partial charge in [0, 0.05) is 28.6 Å². The number of likely N-dealkylation sites (N-methyl/N-ethyl adjacent to an activating group) is 1. The highest BCUT2D eigenvalue weighted by atomic mass is 32.1. The van der Waals surface area contributed by atoms with Crippen LogP contribution < -0.4 is 16.1 Å². The molecule has 2 aromatic carbocycles. The Bertz CT molecular complexity index is 1160. The van der Waals surface area contributed by atoms with Gasteiger partial charge in [-0.05, 0) is 31.3 Å². The number of aromatic nitrogens is 1. The summed E-state index contributed by atoms with van der Waals surface area (Å²) in [4.78, 5) is 17.8. The first-order chi connectivity index (χ1) is 12.2. The molecule has 4 aromatic rings. The molecule has 0 bridgehead atoms. The molecule has 4 rings (SSSR count). The number of rotatable bonds is 4. The first-order valence-electron chi connectivity index (χ1n) is 8.02. The van der Waals surface area contributed by atoms with Gasteiger partial charge in [0.1, 0.15) is 11.6 Å². The van der Waals surface area contributed by atoms with Gasteiger partial charge in [-0.15, -0.1) is 11.3 Å². The van der Waals surface area contributed by atoms with Crippen LogP contribution in [-0.4, -0.2) is 25.1 Å². The molecular formula is C19H16FN3OS. The summed E-state index contributed by atoms with van der Waals surface area (Å²) >= 11 is 1.46. The lowest BCUT2D eigenvalue weighted by Crippen LogP contribution is -2.18. The molecule has 0 aliphatic rings. The lowest BCUT2D eigenvalue weighted by Gasteiger charge is -2.11. The second kappa shape index (κ2) is 6.38. The van der Waals surface area contributed by atoms with Gasteiger partial charge < -0.3 is 10.6 Å². The van der Waals surface area contributed by atoms with Crippen LogP contribution in [0.15, 0.2) is 47.3 Å². The second-order valence-corrected chi connectivity index (χ2v) is 6.84. The van der Waals surface area contributed by atoms with Crippen LogP contribution in [0.3, 0.4) is 0 Å². The number of nitrogens with one attached hydrogen (secondary N) is 2. The highest BCUT2D eigenvalue weighted by Crippen LogP contribution is 2.33. The molecule has 0 radical (unpaired) electrons. The molecule has 25 heavy (non-hydrogen) atoms. The molecule has 4 nitrogen and oxygen atoms in total. The average Bonchev–Trinajstić information content (AvgIpc) is 2.62. The summed E-state index contributed by atoms with van der Waals surface area (Å²) < 4.78 is 15.2. The fourth-order valence-corrected chi connectivity index (χ4v) is 4.10. The first kappa shape index (κ1) is 15.9. The Kier molecular flexibility index (Phi) is 4.07. The lowest BCUT2D eigenvalue weighted by atomic mass is 10.1. The molecule has 0 fully saturated rings. The van der Waals surface area contributed by atoms with Crippen molar-refractivity contribution in [2.45, 2.75) is 0 Å². The smallest absolute Gasteiger partial charge is 0.196 e. The van der Waals surface area contributed by atoms with E-state index in [-0.39, 0.29) is 5.43 Å². The second-order valence-electron chi connectivity index (χ2n) is 5.78. The molecule has 0 aliphatic carbocycles. The van der Waals surface area contributed by atoms with Crippen LogP contribution in [0, 0.1) is 5.82 Å². The number of fused-ring (bicyclic) bond motifs is 4. The van der Waals surface area contributed by atoms with E-state index in [0.29, 0.717) is 23.1 Å². The Morgan fingerprint density at radius 3 is 2.80 bits per heavy atom. The Morgan fingerprint density at radius 2 is 1.96 bits per heavy atom. The third kappa shape index (κ3) is 2.73. The van der Waals surface area contributed by atoms with Crippen LogP contribution in [0.25, 0.3) is 31.1 Å². The predicted octanol–water partition coefficient (Wildman–Crippen LogP) is 3.73. The molecule has 0 saturated carbocycles. The minimum atomic E-state index is -0.401. The van der Waals surface area contributed by atoms with Gasteiger partial charge >= 0.3 is 0 Å². The Hall–Kier alpha value is -2.57. The van der Waals surface area contributed by atoms with Crippen molar-refractivity contribution in [3.8, 4) is 0 Å². The SMILES string of the molecule is CNCCNc1nc2ccccc2c2c(=O)c3cc(F)ccc3sc12. The van der Waals surface area contributed by atoms with Gasteiger partial charge in [-0.2, -0.15) is 0 Å². The molecule has 0 spiro atoms. The minimum Gasteiger partial charge on any atom is -0.368 e. The molecule has 2 N–H and O–H groups in total. The number of para-hydroxylation sites is 1. The Morgan fingerprint density at radius 1 is 1.12 bits per heavy atom. The van der Waals surface area contributed by atoms with E-state index >= 15 is 0 Å². The molecule has 0 unspecified atom stereocenters. The van der Waals surface area contributed by atoms with E-state index in [1.54, 1.807) is 6.07 Å². The minimum absolute atomic E-state index is 0.154. The van der Waals surface area contributed by atoms with Gasteiger partial charge in [0.05, 0.1) is 15.6 Å². The van der Waals surface area contributed by atoms with E-state index in [9.17, 15) is 9.18 Å². The van der Waals surface area contributed by atoms with Gasteiger partial charge in [0.2, 0.25) is 0 Å². The maximum absolute atomic E-state index is 13.6. The van der Waals surface area contributed by atoms with E-state index in [0.717, 1.165) is 26.8 Å². The van der Waals surface area contributed by atoms with Crippen molar-refractivity contribution >= 4 is 48.2 Å². The van der Waals surface area contributed by atoms with Crippen LogP contribution in [-0.2, 0) is 0 Å². The van der Waals surface area contributed by atoms with E-state index in [2.05, 4.69) is 10.6 Å². The van der Waals surface area contributed by atoms with E-state index in [1.165, 1.54) is 23.5 Å². The molecule has 126 valence electrons. The summed E-state index contributed by atoms with van der Waals surface area (Å²) in [5, 5.41) is 8.19. The maximum atomic E-state index is 13.6. The molecule has 2 aromatic heterocycles. The average molecular weight is 353 g/mol. The number of hydrogen-bond acceptors (Lipinski definition) is 5. The number of anilines is 1. The van der Waals surface area contributed by atoms with Crippen molar-refractivity contribution < 1.29 is 4.39 Å². The van der Waals surface area contributed by atoms with Gasteiger partial charge in [0.15, 0.2) is 5.43 Å². The fourth-order valence-electron chi connectivity index (χ4n) is 2.96. The normalized spacial score (nSPS) is 11.4. The molecular weight excluding hydrogens is 337 g/mol. The largest absolute Gasteiger partial charge is 0.368 e. The highest BCUT2D eigenvalue weighted by Gasteiger charge is 2.15.